The molecule has 2 rings (SSSR count). The molecular weight excluding hydrogens is 348 g/mol. The van der Waals surface area contributed by atoms with Crippen LogP contribution in [0.25, 0.3) is 0 Å². The van der Waals surface area contributed by atoms with Crippen molar-refractivity contribution in [3.8, 4) is 5.75 Å². The molecule has 1 amide bonds. The Morgan fingerprint density at radius 3 is 2.40 bits per heavy atom. The third-order valence-corrected chi connectivity index (χ3v) is 3.99. The lowest BCUT2D eigenvalue weighted by Crippen LogP contribution is -2.30. The number of anilines is 1. The number of hydrogen-bond acceptors (Lipinski definition) is 4. The van der Waals surface area contributed by atoms with Gasteiger partial charge in [0.15, 0.2) is 11.9 Å². The number of rotatable bonds is 7. The number of amides is 1. The first kappa shape index (κ1) is 18.9. The normalized spacial score (nSPS) is 11.9. The molecule has 0 heterocycles. The highest BCUT2D eigenvalue weighted by atomic mass is 32.2. The van der Waals surface area contributed by atoms with Crippen LogP contribution < -0.4 is 10.1 Å². The lowest BCUT2D eigenvalue weighted by atomic mass is 10.1. The van der Waals surface area contributed by atoms with Gasteiger partial charge in [0.25, 0.3) is 11.7 Å². The van der Waals surface area contributed by atoms with Crippen LogP contribution in [0, 0.1) is 0 Å². The minimum atomic E-state index is -2.49. The molecule has 7 heteroatoms. The number of nitrogens with one attached hydrogen (secondary N) is 1. The van der Waals surface area contributed by atoms with Gasteiger partial charge in [0.1, 0.15) is 5.75 Å². The van der Waals surface area contributed by atoms with Gasteiger partial charge in [-0.1, -0.05) is 23.9 Å². The van der Waals surface area contributed by atoms with E-state index in [1.165, 1.54) is 19.1 Å². The smallest absolute Gasteiger partial charge is 0.288 e. The third-order valence-electron chi connectivity index (χ3n) is 3.27. The first-order chi connectivity index (χ1) is 11.8. The monoisotopic (exact) mass is 365 g/mol. The minimum absolute atomic E-state index is 0.0932. The molecule has 0 aliphatic heterocycles. The quantitative estimate of drug-likeness (QED) is 0.575. The first-order valence-electron chi connectivity index (χ1n) is 7.48. The van der Waals surface area contributed by atoms with E-state index in [9.17, 15) is 18.4 Å². The second-order valence-corrected chi connectivity index (χ2v) is 6.30. The molecule has 0 bridgehead atoms. The zero-order valence-corrected chi connectivity index (χ0v) is 14.5. The van der Waals surface area contributed by atoms with E-state index >= 15 is 0 Å². The summed E-state index contributed by atoms with van der Waals surface area (Å²) in [6.07, 6.45) is -0.794. The molecule has 2 aromatic rings. The minimum Gasteiger partial charge on any atom is -0.481 e. The molecule has 0 radical (unpaired) electrons. The van der Waals surface area contributed by atoms with Crippen molar-refractivity contribution in [2.45, 2.75) is 30.6 Å². The van der Waals surface area contributed by atoms with E-state index in [4.69, 9.17) is 4.74 Å². The van der Waals surface area contributed by atoms with Crippen LogP contribution in [0.1, 0.15) is 24.2 Å². The molecule has 0 saturated carbocycles. The predicted octanol–water partition coefficient (Wildman–Crippen LogP) is 4.61. The standard InChI is InChI=1S/C18H17F2NO3S/c1-11(22)13-4-3-5-15(10-13)24-12(2)17(23)21-14-6-8-16(9-7-14)25-18(19)20/h3-10,12,18H,1-2H3,(H,21,23)/t12-/m0/s1. The molecule has 2 aromatic carbocycles. The molecule has 132 valence electrons. The molecule has 0 spiro atoms. The second kappa shape index (κ2) is 8.62. The highest BCUT2D eigenvalue weighted by Gasteiger charge is 2.15. The topological polar surface area (TPSA) is 55.4 Å². The van der Waals surface area contributed by atoms with Crippen molar-refractivity contribution >= 4 is 29.1 Å². The van der Waals surface area contributed by atoms with E-state index in [1.807, 2.05) is 0 Å². The van der Waals surface area contributed by atoms with Crippen LogP contribution in [0.3, 0.4) is 0 Å². The highest BCUT2D eigenvalue weighted by Crippen LogP contribution is 2.26. The Kier molecular flexibility index (Phi) is 6.52. The maximum absolute atomic E-state index is 12.3. The van der Waals surface area contributed by atoms with E-state index in [0.717, 1.165) is 0 Å². The number of alkyl halides is 2. The van der Waals surface area contributed by atoms with Gasteiger partial charge in [-0.15, -0.1) is 0 Å². The summed E-state index contributed by atoms with van der Waals surface area (Å²) >= 11 is 0.439. The van der Waals surface area contributed by atoms with Gasteiger partial charge in [-0.2, -0.15) is 8.78 Å². The van der Waals surface area contributed by atoms with Crippen LogP contribution in [0.15, 0.2) is 53.4 Å². The van der Waals surface area contributed by atoms with Gasteiger partial charge < -0.3 is 10.1 Å². The Morgan fingerprint density at radius 1 is 1.12 bits per heavy atom. The Balaban J connectivity index is 1.96. The van der Waals surface area contributed by atoms with E-state index in [2.05, 4.69) is 5.32 Å². The van der Waals surface area contributed by atoms with Crippen molar-refractivity contribution in [2.75, 3.05) is 5.32 Å². The average Bonchev–Trinajstić information content (AvgIpc) is 2.56. The van der Waals surface area contributed by atoms with Gasteiger partial charge >= 0.3 is 0 Å². The number of carbonyl (C=O) groups is 2. The number of ether oxygens (including phenoxy) is 1. The summed E-state index contributed by atoms with van der Waals surface area (Å²) in [6, 6.07) is 12.7. The zero-order chi connectivity index (χ0) is 18.4. The fourth-order valence-electron chi connectivity index (χ4n) is 2.01. The fraction of sp³-hybridized carbons (Fsp3) is 0.222. The Labute approximate surface area is 148 Å². The molecule has 4 nitrogen and oxygen atoms in total. The Morgan fingerprint density at radius 2 is 1.80 bits per heavy atom. The SMILES string of the molecule is CC(=O)c1cccc(O[C@@H](C)C(=O)Nc2ccc(SC(F)F)cc2)c1. The summed E-state index contributed by atoms with van der Waals surface area (Å²) in [5.74, 6) is -2.55. The number of Topliss-reactive ketones (excluding diaryl/α,β-unsaturated/α-hetero) is 1. The van der Waals surface area contributed by atoms with Crippen LogP contribution in [0.4, 0.5) is 14.5 Å². The van der Waals surface area contributed by atoms with Crippen molar-refractivity contribution in [2.24, 2.45) is 0 Å². The van der Waals surface area contributed by atoms with E-state index < -0.39 is 11.9 Å². The first-order valence-corrected chi connectivity index (χ1v) is 8.36. The molecule has 25 heavy (non-hydrogen) atoms. The maximum Gasteiger partial charge on any atom is 0.288 e. The summed E-state index contributed by atoms with van der Waals surface area (Å²) in [5.41, 5.74) is 0.980. The van der Waals surface area contributed by atoms with Crippen LogP contribution in [0.5, 0.6) is 5.75 Å². The zero-order valence-electron chi connectivity index (χ0n) is 13.7. The van der Waals surface area contributed by atoms with Gasteiger partial charge in [0, 0.05) is 16.1 Å². The molecule has 0 unspecified atom stereocenters. The molecule has 0 saturated heterocycles. The lowest BCUT2D eigenvalue weighted by Gasteiger charge is -2.15. The highest BCUT2D eigenvalue weighted by molar-refractivity contribution is 7.99. The number of carbonyl (C=O) groups excluding carboxylic acids is 2. The van der Waals surface area contributed by atoms with Crippen molar-refractivity contribution in [3.63, 3.8) is 0 Å². The molecule has 0 aliphatic rings. The summed E-state index contributed by atoms with van der Waals surface area (Å²) in [5, 5.41) is 2.65. The molecular formula is C18H17F2NO3S. The van der Waals surface area contributed by atoms with E-state index in [1.54, 1.807) is 43.3 Å². The van der Waals surface area contributed by atoms with Gasteiger partial charge in [0.2, 0.25) is 0 Å². The van der Waals surface area contributed by atoms with Gasteiger partial charge in [-0.3, -0.25) is 9.59 Å². The van der Waals surface area contributed by atoms with Crippen LogP contribution >= 0.6 is 11.8 Å². The summed E-state index contributed by atoms with van der Waals surface area (Å²) < 4.78 is 30.1. The fourth-order valence-corrected chi connectivity index (χ4v) is 2.51. The molecule has 0 aromatic heterocycles. The Hall–Kier alpha value is -2.41. The van der Waals surface area contributed by atoms with Crippen molar-refractivity contribution < 1.29 is 23.1 Å². The van der Waals surface area contributed by atoms with Gasteiger partial charge in [-0.05, 0) is 50.2 Å². The van der Waals surface area contributed by atoms with Gasteiger partial charge in [0.05, 0.1) is 0 Å². The van der Waals surface area contributed by atoms with Crippen molar-refractivity contribution in [3.05, 3.63) is 54.1 Å². The van der Waals surface area contributed by atoms with Crippen LogP contribution in [-0.4, -0.2) is 23.6 Å². The Bertz CT molecular complexity index is 750. The second-order valence-electron chi connectivity index (χ2n) is 5.24. The molecule has 1 N–H and O–H groups in total. The molecule has 1 atom stereocenters. The summed E-state index contributed by atoms with van der Waals surface area (Å²) in [4.78, 5) is 24.0. The third kappa shape index (κ3) is 5.86. The number of hydrogen-bond donors (Lipinski definition) is 1. The number of halogens is 2. The number of ketones is 1. The number of benzene rings is 2. The van der Waals surface area contributed by atoms with Crippen molar-refractivity contribution in [1.82, 2.24) is 0 Å². The molecule has 0 fully saturated rings. The van der Waals surface area contributed by atoms with Crippen molar-refractivity contribution in [1.29, 1.82) is 0 Å². The summed E-state index contributed by atoms with van der Waals surface area (Å²) in [7, 11) is 0. The number of thioether (sulfide) groups is 1. The predicted molar refractivity (Wildman–Crippen MR) is 93.5 cm³/mol. The van der Waals surface area contributed by atoms with E-state index in [-0.39, 0.29) is 11.7 Å². The van der Waals surface area contributed by atoms with Gasteiger partial charge in [-0.25, -0.2) is 0 Å². The van der Waals surface area contributed by atoms with Crippen LogP contribution in [0.2, 0.25) is 0 Å². The van der Waals surface area contributed by atoms with Crippen LogP contribution in [-0.2, 0) is 4.79 Å². The van der Waals surface area contributed by atoms with E-state index in [0.29, 0.717) is 33.7 Å². The average molecular weight is 365 g/mol. The molecule has 0 aliphatic carbocycles. The summed E-state index contributed by atoms with van der Waals surface area (Å²) in [6.45, 7) is 3.03. The maximum atomic E-state index is 12.3. The largest absolute Gasteiger partial charge is 0.481 e. The lowest BCUT2D eigenvalue weighted by molar-refractivity contribution is -0.122.